The van der Waals surface area contributed by atoms with E-state index in [0.717, 1.165) is 154 Å². The van der Waals surface area contributed by atoms with Gasteiger partial charge in [-0.05, 0) is 141 Å². The van der Waals surface area contributed by atoms with E-state index in [9.17, 15) is 14.4 Å². The second kappa shape index (κ2) is 67.8. The van der Waals surface area contributed by atoms with E-state index in [-0.39, 0.29) is 31.1 Å². The van der Waals surface area contributed by atoms with Gasteiger partial charge in [0.2, 0.25) is 0 Å². The SMILES string of the molecule is CC/C=C\C/C=C\C/C=C\C/C=C\C/C=C\CCCCCCCCCC(=O)OCC(COC(=O)CCCCCCCC/C=C\C/C=C\C/C=C\CCCCC)OC(=O)CCCCCCCCCC/C=C\C/C=C\C/C=C\C/C=C\CC. The summed E-state index contributed by atoms with van der Waals surface area (Å²) in [5.41, 5.74) is 0. The average Bonchev–Trinajstić information content (AvgIpc) is 3.47. The van der Waals surface area contributed by atoms with Crippen molar-refractivity contribution in [2.75, 3.05) is 13.2 Å². The molecule has 0 aliphatic rings. The molecule has 1 unspecified atom stereocenters. The monoisotopic (exact) mass is 1120 g/mol. The Morgan fingerprint density at radius 1 is 0.259 bits per heavy atom. The Labute approximate surface area is 499 Å². The smallest absolute Gasteiger partial charge is 0.306 e. The fourth-order valence-electron chi connectivity index (χ4n) is 8.88. The van der Waals surface area contributed by atoms with Crippen LogP contribution in [0.3, 0.4) is 0 Å². The van der Waals surface area contributed by atoms with E-state index in [1.165, 1.54) is 96.3 Å². The number of unbranched alkanes of at least 4 members (excludes halogenated alkanes) is 24. The molecule has 0 fully saturated rings. The van der Waals surface area contributed by atoms with Gasteiger partial charge in [0.15, 0.2) is 6.10 Å². The molecular formula is C75H122O6. The van der Waals surface area contributed by atoms with Gasteiger partial charge in [-0.1, -0.05) is 276 Å². The van der Waals surface area contributed by atoms with Gasteiger partial charge in [0.05, 0.1) is 0 Å². The van der Waals surface area contributed by atoms with Crippen LogP contribution >= 0.6 is 0 Å². The summed E-state index contributed by atoms with van der Waals surface area (Å²) >= 11 is 0. The normalized spacial score (nSPS) is 13.1. The zero-order chi connectivity index (χ0) is 58.5. The number of ether oxygens (including phenoxy) is 3. The Morgan fingerprint density at radius 3 is 0.753 bits per heavy atom. The number of esters is 3. The van der Waals surface area contributed by atoms with Crippen LogP contribution in [0.2, 0.25) is 0 Å². The number of carbonyl (C=O) groups excluding carboxylic acids is 3. The van der Waals surface area contributed by atoms with E-state index < -0.39 is 6.10 Å². The molecule has 81 heavy (non-hydrogen) atoms. The molecule has 1 atom stereocenters. The summed E-state index contributed by atoms with van der Waals surface area (Å²) in [6, 6.07) is 0. The number of hydrogen-bond acceptors (Lipinski definition) is 6. The van der Waals surface area contributed by atoms with E-state index in [4.69, 9.17) is 14.2 Å². The first-order valence-electron chi connectivity index (χ1n) is 33.3. The summed E-state index contributed by atoms with van der Waals surface area (Å²) in [7, 11) is 0. The highest BCUT2D eigenvalue weighted by Crippen LogP contribution is 2.15. The Balaban J connectivity index is 4.47. The summed E-state index contributed by atoms with van der Waals surface area (Å²) in [6.45, 7) is 6.37. The lowest BCUT2D eigenvalue weighted by molar-refractivity contribution is -0.167. The van der Waals surface area contributed by atoms with Gasteiger partial charge in [0, 0.05) is 19.3 Å². The molecule has 0 amide bonds. The molecule has 6 nitrogen and oxygen atoms in total. The van der Waals surface area contributed by atoms with Crippen molar-refractivity contribution < 1.29 is 28.6 Å². The molecule has 0 aromatic rings. The Hall–Kier alpha value is -4.71. The third-order valence-corrected chi connectivity index (χ3v) is 13.8. The molecule has 0 aromatic carbocycles. The lowest BCUT2D eigenvalue weighted by Crippen LogP contribution is -2.30. The second-order valence-electron chi connectivity index (χ2n) is 21.6. The highest BCUT2D eigenvalue weighted by Gasteiger charge is 2.19. The lowest BCUT2D eigenvalue weighted by Gasteiger charge is -2.18. The van der Waals surface area contributed by atoms with Crippen molar-refractivity contribution in [1.82, 2.24) is 0 Å². The lowest BCUT2D eigenvalue weighted by atomic mass is 10.1. The molecule has 0 aliphatic carbocycles. The van der Waals surface area contributed by atoms with E-state index in [1.54, 1.807) is 0 Å². The largest absolute Gasteiger partial charge is 0.462 e. The molecule has 6 heteroatoms. The molecule has 0 radical (unpaired) electrons. The van der Waals surface area contributed by atoms with Crippen molar-refractivity contribution in [1.29, 1.82) is 0 Å². The number of carbonyl (C=O) groups is 3. The molecule has 0 N–H and O–H groups in total. The van der Waals surface area contributed by atoms with Gasteiger partial charge in [0.1, 0.15) is 13.2 Å². The van der Waals surface area contributed by atoms with Crippen molar-refractivity contribution in [3.63, 3.8) is 0 Å². The molecule has 0 spiro atoms. The maximum absolute atomic E-state index is 13.0. The summed E-state index contributed by atoms with van der Waals surface area (Å²) in [6.07, 6.45) is 97.0. The number of allylic oxidation sites excluding steroid dienone is 24. The molecule has 0 saturated heterocycles. The average molecular weight is 1120 g/mol. The fraction of sp³-hybridized carbons (Fsp3) is 0.640. The van der Waals surface area contributed by atoms with Gasteiger partial charge in [-0.15, -0.1) is 0 Å². The fourth-order valence-corrected chi connectivity index (χ4v) is 8.88. The highest BCUT2D eigenvalue weighted by atomic mass is 16.6. The minimum atomic E-state index is -0.802. The van der Waals surface area contributed by atoms with Crippen LogP contribution in [0.1, 0.15) is 290 Å². The van der Waals surface area contributed by atoms with Crippen LogP contribution in [0.15, 0.2) is 146 Å². The first-order chi connectivity index (χ1) is 40.0. The molecule has 0 saturated carbocycles. The second-order valence-corrected chi connectivity index (χ2v) is 21.6. The first kappa shape index (κ1) is 76.3. The van der Waals surface area contributed by atoms with Gasteiger partial charge in [-0.2, -0.15) is 0 Å². The van der Waals surface area contributed by atoms with Crippen LogP contribution in [0.4, 0.5) is 0 Å². The predicted octanol–water partition coefficient (Wildman–Crippen LogP) is 23.1. The maximum Gasteiger partial charge on any atom is 0.306 e. The van der Waals surface area contributed by atoms with Crippen molar-refractivity contribution in [2.45, 2.75) is 297 Å². The standard InChI is InChI=1S/C75H122O6/c1-4-7-10-13-16-19-22-25-28-31-34-36-37-39-41-44-47-50-53-56-59-62-65-68-74(77)80-71-72(70-79-73(76)67-64-61-58-55-52-49-46-43-40-33-30-27-24-21-18-15-12-9-6-3)81-75(78)69-66-63-60-57-54-51-48-45-42-38-35-32-29-26-23-20-17-14-11-8-5-2/h7-8,10-11,16-21,25-30,34-36,38-41,43,72H,4-6,9,12-15,22-24,31-33,37,42,44-71H2,1-3H3/b10-7-,11-8-,19-16-,20-17-,21-18-,28-25-,29-26-,30-27-,36-34-,38-35-,41-39-,43-40-. The third-order valence-electron chi connectivity index (χ3n) is 13.8. The minimum Gasteiger partial charge on any atom is -0.462 e. The quantitative estimate of drug-likeness (QED) is 0.0261. The van der Waals surface area contributed by atoms with Crippen LogP contribution in [-0.2, 0) is 28.6 Å². The molecule has 0 aliphatic heterocycles. The van der Waals surface area contributed by atoms with Crippen molar-refractivity contribution in [3.05, 3.63) is 146 Å². The van der Waals surface area contributed by atoms with E-state index in [2.05, 4.69) is 167 Å². The van der Waals surface area contributed by atoms with Crippen LogP contribution in [0, 0.1) is 0 Å². The molecular weight excluding hydrogens is 997 g/mol. The topological polar surface area (TPSA) is 78.9 Å². The summed E-state index contributed by atoms with van der Waals surface area (Å²) in [4.78, 5) is 38.5. The van der Waals surface area contributed by atoms with E-state index >= 15 is 0 Å². The Kier molecular flexibility index (Phi) is 63.9. The van der Waals surface area contributed by atoms with E-state index in [0.29, 0.717) is 19.3 Å². The van der Waals surface area contributed by atoms with Gasteiger partial charge in [-0.25, -0.2) is 0 Å². The maximum atomic E-state index is 13.0. The van der Waals surface area contributed by atoms with Gasteiger partial charge >= 0.3 is 17.9 Å². The van der Waals surface area contributed by atoms with Crippen molar-refractivity contribution in [2.24, 2.45) is 0 Å². The van der Waals surface area contributed by atoms with Gasteiger partial charge < -0.3 is 14.2 Å². The Bertz CT molecular complexity index is 1760. The van der Waals surface area contributed by atoms with Gasteiger partial charge in [0.25, 0.3) is 0 Å². The molecule has 0 heterocycles. The van der Waals surface area contributed by atoms with Gasteiger partial charge in [-0.3, -0.25) is 14.4 Å². The molecule has 458 valence electrons. The number of rotatable bonds is 59. The van der Waals surface area contributed by atoms with Crippen LogP contribution in [0.5, 0.6) is 0 Å². The molecule has 0 aromatic heterocycles. The van der Waals surface area contributed by atoms with E-state index in [1.807, 2.05) is 0 Å². The summed E-state index contributed by atoms with van der Waals surface area (Å²) in [5, 5.41) is 0. The zero-order valence-electron chi connectivity index (χ0n) is 52.5. The Morgan fingerprint density at radius 2 is 0.481 bits per heavy atom. The van der Waals surface area contributed by atoms with Crippen molar-refractivity contribution >= 4 is 17.9 Å². The third kappa shape index (κ3) is 66.0. The van der Waals surface area contributed by atoms with Crippen LogP contribution in [0.25, 0.3) is 0 Å². The predicted molar refractivity (Wildman–Crippen MR) is 352 cm³/mol. The molecule has 0 bridgehead atoms. The van der Waals surface area contributed by atoms with Crippen molar-refractivity contribution in [3.8, 4) is 0 Å². The highest BCUT2D eigenvalue weighted by molar-refractivity contribution is 5.71. The van der Waals surface area contributed by atoms with Crippen LogP contribution in [-0.4, -0.2) is 37.2 Å². The molecule has 0 rings (SSSR count). The first-order valence-corrected chi connectivity index (χ1v) is 33.3. The minimum absolute atomic E-state index is 0.0965. The van der Waals surface area contributed by atoms with Crippen LogP contribution < -0.4 is 0 Å². The summed E-state index contributed by atoms with van der Waals surface area (Å²) in [5.74, 6) is -0.924. The summed E-state index contributed by atoms with van der Waals surface area (Å²) < 4.78 is 17.0. The zero-order valence-corrected chi connectivity index (χ0v) is 52.5. The number of hydrogen-bond donors (Lipinski definition) is 0.